The molecule has 1 aromatic carbocycles. The van der Waals surface area contributed by atoms with Crippen LogP contribution in [-0.2, 0) is 5.54 Å². The normalized spacial score (nSPS) is 25.9. The topological polar surface area (TPSA) is 12.0 Å². The van der Waals surface area contributed by atoms with Crippen molar-refractivity contribution in [1.29, 1.82) is 0 Å². The van der Waals surface area contributed by atoms with Gasteiger partial charge in [0, 0.05) is 10.6 Å². The molecule has 0 aliphatic carbocycles. The molecule has 0 spiro atoms. The van der Waals surface area contributed by atoms with Gasteiger partial charge in [-0.2, -0.15) is 0 Å². The van der Waals surface area contributed by atoms with Crippen LogP contribution in [0.4, 0.5) is 0 Å². The van der Waals surface area contributed by atoms with Gasteiger partial charge in [0.15, 0.2) is 0 Å². The monoisotopic (exact) mass is 209 g/mol. The fourth-order valence-corrected chi connectivity index (χ4v) is 2.43. The van der Waals surface area contributed by atoms with Crippen LogP contribution in [0.3, 0.4) is 0 Å². The van der Waals surface area contributed by atoms with Crippen LogP contribution >= 0.6 is 11.6 Å². The van der Waals surface area contributed by atoms with Gasteiger partial charge in [0.1, 0.15) is 0 Å². The maximum atomic E-state index is 6.00. The van der Waals surface area contributed by atoms with Gasteiger partial charge in [0.2, 0.25) is 0 Å². The third-order valence-electron chi connectivity index (χ3n) is 3.07. The molecule has 0 bridgehead atoms. The number of nitrogens with one attached hydrogen (secondary N) is 1. The molecule has 1 aromatic rings. The molecule has 2 heteroatoms. The lowest BCUT2D eigenvalue weighted by atomic mass is 9.77. The molecule has 0 saturated carbocycles. The van der Waals surface area contributed by atoms with Gasteiger partial charge >= 0.3 is 0 Å². The second-order valence-corrected chi connectivity index (χ2v) is 4.46. The molecular formula is C12H16ClN. The van der Waals surface area contributed by atoms with Crippen molar-refractivity contribution in [3.8, 4) is 0 Å². The first-order chi connectivity index (χ1) is 6.77. The lowest BCUT2D eigenvalue weighted by molar-refractivity contribution is 0.191. The summed E-state index contributed by atoms with van der Waals surface area (Å²) in [7, 11) is 0. The van der Waals surface area contributed by atoms with E-state index in [0.29, 0.717) is 0 Å². The maximum Gasteiger partial charge on any atom is 0.0447 e. The van der Waals surface area contributed by atoms with Crippen molar-refractivity contribution in [1.82, 2.24) is 5.32 Å². The summed E-state index contributed by atoms with van der Waals surface area (Å²) >= 11 is 6.00. The van der Waals surface area contributed by atoms with E-state index in [-0.39, 0.29) is 5.54 Å². The second-order valence-electron chi connectivity index (χ2n) is 4.02. The van der Waals surface area contributed by atoms with Crippen LogP contribution in [0.25, 0.3) is 0 Å². The zero-order valence-corrected chi connectivity index (χ0v) is 9.27. The Hall–Kier alpha value is -0.530. The summed E-state index contributed by atoms with van der Waals surface area (Å²) in [5, 5.41) is 4.38. The van der Waals surface area contributed by atoms with Gasteiger partial charge in [0.25, 0.3) is 0 Å². The summed E-state index contributed by atoms with van der Waals surface area (Å²) in [6.45, 7) is 3.36. The van der Waals surface area contributed by atoms with Crippen molar-refractivity contribution in [2.45, 2.75) is 31.7 Å². The van der Waals surface area contributed by atoms with Gasteiger partial charge in [-0.1, -0.05) is 37.1 Å². The molecule has 1 N–H and O–H groups in total. The van der Waals surface area contributed by atoms with Crippen LogP contribution in [0.2, 0.25) is 5.02 Å². The highest BCUT2D eigenvalue weighted by Crippen LogP contribution is 2.36. The Morgan fingerprint density at radius 2 is 2.29 bits per heavy atom. The van der Waals surface area contributed by atoms with E-state index in [1.54, 1.807) is 0 Å². The minimum atomic E-state index is 0.222. The van der Waals surface area contributed by atoms with E-state index >= 15 is 0 Å². The fourth-order valence-electron chi connectivity index (χ4n) is 2.24. The molecule has 1 saturated heterocycles. The summed E-state index contributed by atoms with van der Waals surface area (Å²) in [5.41, 5.74) is 1.57. The Bertz CT molecular complexity index is 318. The molecule has 14 heavy (non-hydrogen) atoms. The standard InChI is InChI=1S/C12H16ClN/c1-2-6-12(7-8-14-12)10-4-3-5-11(13)9-10/h3-5,9,14H,2,6-8H2,1H3. The molecule has 1 atom stereocenters. The number of hydrogen-bond acceptors (Lipinski definition) is 1. The minimum absolute atomic E-state index is 0.222. The van der Waals surface area contributed by atoms with Gasteiger partial charge in [-0.3, -0.25) is 0 Å². The molecule has 1 heterocycles. The van der Waals surface area contributed by atoms with Crippen LogP contribution in [-0.4, -0.2) is 6.54 Å². The van der Waals surface area contributed by atoms with Crippen molar-refractivity contribution in [3.05, 3.63) is 34.9 Å². The molecule has 1 aliphatic heterocycles. The number of halogens is 1. The molecule has 1 aliphatic rings. The highest BCUT2D eigenvalue weighted by molar-refractivity contribution is 6.30. The average Bonchev–Trinajstić information content (AvgIpc) is 2.11. The Morgan fingerprint density at radius 3 is 2.79 bits per heavy atom. The van der Waals surface area contributed by atoms with Crippen molar-refractivity contribution < 1.29 is 0 Å². The lowest BCUT2D eigenvalue weighted by Crippen LogP contribution is -2.53. The zero-order chi connectivity index (χ0) is 10.0. The summed E-state index contributed by atoms with van der Waals surface area (Å²) in [5.74, 6) is 0. The second kappa shape index (κ2) is 3.92. The Morgan fingerprint density at radius 1 is 1.50 bits per heavy atom. The summed E-state index contributed by atoms with van der Waals surface area (Å²) in [6, 6.07) is 8.23. The molecule has 76 valence electrons. The van der Waals surface area contributed by atoms with Crippen LogP contribution in [0.1, 0.15) is 31.7 Å². The lowest BCUT2D eigenvalue weighted by Gasteiger charge is -2.44. The van der Waals surface area contributed by atoms with Crippen LogP contribution in [0, 0.1) is 0 Å². The Balaban J connectivity index is 2.27. The Labute approximate surface area is 90.5 Å². The van der Waals surface area contributed by atoms with Gasteiger partial charge in [-0.25, -0.2) is 0 Å². The van der Waals surface area contributed by atoms with E-state index in [2.05, 4.69) is 24.4 Å². The first-order valence-corrected chi connectivity index (χ1v) is 5.66. The molecule has 1 nitrogen and oxygen atoms in total. The molecule has 2 rings (SSSR count). The van der Waals surface area contributed by atoms with E-state index in [9.17, 15) is 0 Å². The molecule has 0 amide bonds. The van der Waals surface area contributed by atoms with Gasteiger partial charge in [0.05, 0.1) is 0 Å². The molecule has 1 unspecified atom stereocenters. The highest BCUT2D eigenvalue weighted by Gasteiger charge is 2.36. The number of hydrogen-bond donors (Lipinski definition) is 1. The highest BCUT2D eigenvalue weighted by atomic mass is 35.5. The van der Waals surface area contributed by atoms with Gasteiger partial charge in [-0.05, 0) is 37.1 Å². The SMILES string of the molecule is CCCC1(c2cccc(Cl)c2)CCN1. The van der Waals surface area contributed by atoms with Crippen LogP contribution in [0.15, 0.2) is 24.3 Å². The Kier molecular flexibility index (Phi) is 2.80. The number of rotatable bonds is 3. The zero-order valence-electron chi connectivity index (χ0n) is 8.52. The van der Waals surface area contributed by atoms with E-state index in [4.69, 9.17) is 11.6 Å². The molecule has 0 radical (unpaired) electrons. The van der Waals surface area contributed by atoms with Crippen molar-refractivity contribution in [2.75, 3.05) is 6.54 Å². The summed E-state index contributed by atoms with van der Waals surface area (Å²) in [4.78, 5) is 0. The van der Waals surface area contributed by atoms with E-state index < -0.39 is 0 Å². The first kappa shape index (κ1) is 10.0. The molecular weight excluding hydrogens is 194 g/mol. The van der Waals surface area contributed by atoms with E-state index in [1.807, 2.05) is 12.1 Å². The molecule has 0 aromatic heterocycles. The maximum absolute atomic E-state index is 6.00. The minimum Gasteiger partial charge on any atom is -0.307 e. The van der Waals surface area contributed by atoms with Gasteiger partial charge in [-0.15, -0.1) is 0 Å². The van der Waals surface area contributed by atoms with Crippen molar-refractivity contribution in [3.63, 3.8) is 0 Å². The first-order valence-electron chi connectivity index (χ1n) is 5.28. The summed E-state index contributed by atoms with van der Waals surface area (Å²) in [6.07, 6.45) is 3.65. The van der Waals surface area contributed by atoms with Crippen LogP contribution in [0.5, 0.6) is 0 Å². The van der Waals surface area contributed by atoms with Gasteiger partial charge < -0.3 is 5.32 Å². The van der Waals surface area contributed by atoms with E-state index in [1.165, 1.54) is 24.8 Å². The largest absolute Gasteiger partial charge is 0.307 e. The third kappa shape index (κ3) is 1.67. The van der Waals surface area contributed by atoms with Crippen molar-refractivity contribution in [2.24, 2.45) is 0 Å². The molecule has 1 fully saturated rings. The number of benzene rings is 1. The fraction of sp³-hybridized carbons (Fsp3) is 0.500. The van der Waals surface area contributed by atoms with Crippen molar-refractivity contribution >= 4 is 11.6 Å². The quantitative estimate of drug-likeness (QED) is 0.806. The summed E-state index contributed by atoms with van der Waals surface area (Å²) < 4.78 is 0. The predicted molar refractivity (Wildman–Crippen MR) is 60.7 cm³/mol. The third-order valence-corrected chi connectivity index (χ3v) is 3.30. The average molecular weight is 210 g/mol. The van der Waals surface area contributed by atoms with Crippen LogP contribution < -0.4 is 5.32 Å². The van der Waals surface area contributed by atoms with E-state index in [0.717, 1.165) is 11.6 Å². The smallest absolute Gasteiger partial charge is 0.0447 e. The predicted octanol–water partition coefficient (Wildman–Crippen LogP) is 3.33.